The Morgan fingerprint density at radius 2 is 1.96 bits per heavy atom. The highest BCUT2D eigenvalue weighted by atomic mass is 16.7. The Balaban J connectivity index is 1.50. The highest BCUT2D eigenvalue weighted by Crippen LogP contribution is 2.34. The van der Waals surface area contributed by atoms with Crippen LogP contribution in [0.4, 0.5) is 5.69 Å². The average molecular weight is 312 g/mol. The predicted octanol–water partition coefficient (Wildman–Crippen LogP) is 1.86. The summed E-state index contributed by atoms with van der Waals surface area (Å²) in [5.74, 6) is 1.52. The molecule has 0 aromatic heterocycles. The van der Waals surface area contributed by atoms with Crippen molar-refractivity contribution < 1.29 is 9.31 Å². The van der Waals surface area contributed by atoms with Gasteiger partial charge in [-0.15, -0.1) is 0 Å². The molecule has 1 aromatic carbocycles. The standard InChI is InChI=1S/C18H25BN2O2/c1-13-18(2,3)23-19(22-13)15-5-7-16(8-6-15)21-10-9-14-11-20(4)12-17(14)21/h5-8,14,17H,1,9-12H2,2-4H3/t14-,17+/m1/s1. The molecule has 3 fully saturated rings. The third kappa shape index (κ3) is 2.56. The first-order valence-corrected chi connectivity index (χ1v) is 8.53. The maximum absolute atomic E-state index is 5.95. The van der Waals surface area contributed by atoms with E-state index in [1.165, 1.54) is 31.7 Å². The zero-order valence-corrected chi connectivity index (χ0v) is 14.3. The third-order valence-corrected chi connectivity index (χ3v) is 5.55. The van der Waals surface area contributed by atoms with Crippen LogP contribution in [0, 0.1) is 5.92 Å². The number of likely N-dealkylation sites (N-methyl/N-ethyl adjacent to an activating group) is 1. The minimum atomic E-state index is -0.417. The molecule has 3 aliphatic heterocycles. The van der Waals surface area contributed by atoms with Crippen LogP contribution in [0.1, 0.15) is 20.3 Å². The molecule has 5 heteroatoms. The molecule has 1 aromatic rings. The lowest BCUT2D eigenvalue weighted by atomic mass is 9.79. The SMILES string of the molecule is C=C1OB(c2ccc(N3CC[C@@H]4CN(C)C[C@@H]43)cc2)OC1(C)C. The third-order valence-electron chi connectivity index (χ3n) is 5.55. The Morgan fingerprint density at radius 1 is 1.22 bits per heavy atom. The number of rotatable bonds is 2. The highest BCUT2D eigenvalue weighted by Gasteiger charge is 2.43. The van der Waals surface area contributed by atoms with Crippen LogP contribution in [0.15, 0.2) is 36.6 Å². The van der Waals surface area contributed by atoms with Crippen LogP contribution in [0.2, 0.25) is 0 Å². The maximum Gasteiger partial charge on any atom is 0.563 e. The topological polar surface area (TPSA) is 24.9 Å². The van der Waals surface area contributed by atoms with E-state index in [9.17, 15) is 0 Å². The molecule has 4 nitrogen and oxygen atoms in total. The second-order valence-electron chi connectivity index (χ2n) is 7.62. The minimum absolute atomic E-state index is 0.338. The van der Waals surface area contributed by atoms with Gasteiger partial charge in [0, 0.05) is 31.4 Å². The fourth-order valence-electron chi connectivity index (χ4n) is 4.08. The highest BCUT2D eigenvalue weighted by molar-refractivity contribution is 6.62. The van der Waals surface area contributed by atoms with Gasteiger partial charge in [0.25, 0.3) is 0 Å². The first kappa shape index (κ1) is 15.1. The molecule has 0 N–H and O–H groups in total. The number of hydrogen-bond acceptors (Lipinski definition) is 4. The van der Waals surface area contributed by atoms with E-state index in [1.54, 1.807) is 0 Å². The molecule has 0 saturated carbocycles. The molecule has 23 heavy (non-hydrogen) atoms. The lowest BCUT2D eigenvalue weighted by Crippen LogP contribution is -2.36. The number of hydrogen-bond donors (Lipinski definition) is 0. The maximum atomic E-state index is 5.95. The average Bonchev–Trinajstić information content (AvgIpc) is 3.12. The molecule has 2 atom stereocenters. The largest absolute Gasteiger partial charge is 0.563 e. The molecular weight excluding hydrogens is 287 g/mol. The van der Waals surface area contributed by atoms with Gasteiger partial charge in [0.1, 0.15) is 5.60 Å². The fourth-order valence-corrected chi connectivity index (χ4v) is 4.08. The van der Waals surface area contributed by atoms with E-state index in [0.717, 1.165) is 11.4 Å². The zero-order chi connectivity index (χ0) is 16.2. The van der Waals surface area contributed by atoms with Crippen LogP contribution in [0.25, 0.3) is 0 Å². The summed E-state index contributed by atoms with van der Waals surface area (Å²) in [6, 6.07) is 9.33. The lowest BCUT2D eigenvalue weighted by Gasteiger charge is -2.26. The van der Waals surface area contributed by atoms with Crippen LogP contribution in [0.5, 0.6) is 0 Å². The summed E-state index contributed by atoms with van der Waals surface area (Å²) in [6.45, 7) is 11.5. The summed E-state index contributed by atoms with van der Waals surface area (Å²) >= 11 is 0. The van der Waals surface area contributed by atoms with Gasteiger partial charge in [0.05, 0.1) is 5.76 Å². The molecule has 0 radical (unpaired) electrons. The molecule has 0 unspecified atom stereocenters. The summed E-state index contributed by atoms with van der Waals surface area (Å²) < 4.78 is 11.7. The van der Waals surface area contributed by atoms with Crippen LogP contribution in [-0.2, 0) is 9.31 Å². The first-order valence-electron chi connectivity index (χ1n) is 8.53. The van der Waals surface area contributed by atoms with Crippen molar-refractivity contribution in [3.8, 4) is 0 Å². The quantitative estimate of drug-likeness (QED) is 0.778. The van der Waals surface area contributed by atoms with Gasteiger partial charge in [-0.05, 0) is 50.8 Å². The van der Waals surface area contributed by atoms with E-state index in [1.807, 2.05) is 13.8 Å². The lowest BCUT2D eigenvalue weighted by molar-refractivity contribution is 0.173. The summed E-state index contributed by atoms with van der Waals surface area (Å²) in [6.07, 6.45) is 1.31. The molecule has 3 saturated heterocycles. The predicted molar refractivity (Wildman–Crippen MR) is 94.0 cm³/mol. The number of benzene rings is 1. The van der Waals surface area contributed by atoms with Crippen molar-refractivity contribution in [3.63, 3.8) is 0 Å². The van der Waals surface area contributed by atoms with Crippen molar-refractivity contribution in [2.45, 2.75) is 31.9 Å². The number of likely N-dealkylation sites (tertiary alicyclic amines) is 1. The summed E-state index contributed by atoms with van der Waals surface area (Å²) in [4.78, 5) is 5.01. The van der Waals surface area contributed by atoms with E-state index in [2.05, 4.69) is 47.7 Å². The van der Waals surface area contributed by atoms with E-state index in [-0.39, 0.29) is 7.12 Å². The Bertz CT molecular complexity index is 616. The number of anilines is 1. The molecular formula is C18H25BN2O2. The van der Waals surface area contributed by atoms with Crippen molar-refractivity contribution in [1.29, 1.82) is 0 Å². The van der Waals surface area contributed by atoms with Gasteiger partial charge in [0.2, 0.25) is 0 Å². The van der Waals surface area contributed by atoms with E-state index in [4.69, 9.17) is 9.31 Å². The van der Waals surface area contributed by atoms with Crippen LogP contribution < -0.4 is 10.4 Å². The summed E-state index contributed by atoms with van der Waals surface area (Å²) in [5.41, 5.74) is 1.95. The molecule has 122 valence electrons. The number of nitrogens with zero attached hydrogens (tertiary/aromatic N) is 2. The van der Waals surface area contributed by atoms with Crippen molar-refractivity contribution in [1.82, 2.24) is 4.90 Å². The molecule has 4 rings (SSSR count). The molecule has 0 amide bonds. The van der Waals surface area contributed by atoms with Gasteiger partial charge in [-0.3, -0.25) is 0 Å². The van der Waals surface area contributed by atoms with Gasteiger partial charge in [-0.1, -0.05) is 18.7 Å². The summed E-state index contributed by atoms with van der Waals surface area (Å²) in [5, 5.41) is 0. The second-order valence-corrected chi connectivity index (χ2v) is 7.62. The van der Waals surface area contributed by atoms with E-state index in [0.29, 0.717) is 11.8 Å². The van der Waals surface area contributed by atoms with Gasteiger partial charge < -0.3 is 19.1 Å². The number of fused-ring (bicyclic) bond motifs is 1. The molecule has 0 bridgehead atoms. The van der Waals surface area contributed by atoms with Gasteiger partial charge in [-0.25, -0.2) is 0 Å². The summed E-state index contributed by atoms with van der Waals surface area (Å²) in [7, 11) is 1.89. The van der Waals surface area contributed by atoms with Gasteiger partial charge in [0.15, 0.2) is 0 Å². The van der Waals surface area contributed by atoms with Crippen molar-refractivity contribution in [2.24, 2.45) is 5.92 Å². The second kappa shape index (κ2) is 5.28. The molecule has 3 heterocycles. The Kier molecular flexibility index (Phi) is 3.47. The van der Waals surface area contributed by atoms with Crippen molar-refractivity contribution >= 4 is 18.3 Å². The van der Waals surface area contributed by atoms with Crippen LogP contribution in [0.3, 0.4) is 0 Å². The normalized spacial score (nSPS) is 30.0. The smallest absolute Gasteiger partial charge is 0.534 e. The molecule has 3 aliphatic rings. The van der Waals surface area contributed by atoms with Crippen molar-refractivity contribution in [2.75, 3.05) is 31.6 Å². The monoisotopic (exact) mass is 312 g/mol. The zero-order valence-electron chi connectivity index (χ0n) is 14.3. The Morgan fingerprint density at radius 3 is 2.61 bits per heavy atom. The molecule has 0 aliphatic carbocycles. The molecule has 0 spiro atoms. The fraction of sp³-hybridized carbons (Fsp3) is 0.556. The van der Waals surface area contributed by atoms with Crippen LogP contribution >= 0.6 is 0 Å². The van der Waals surface area contributed by atoms with E-state index < -0.39 is 5.60 Å². The van der Waals surface area contributed by atoms with Gasteiger partial charge >= 0.3 is 7.12 Å². The van der Waals surface area contributed by atoms with Gasteiger partial charge in [-0.2, -0.15) is 0 Å². The Hall–Kier alpha value is -1.46. The van der Waals surface area contributed by atoms with Crippen LogP contribution in [-0.4, -0.2) is 50.3 Å². The Labute approximate surface area is 139 Å². The van der Waals surface area contributed by atoms with Crippen molar-refractivity contribution in [3.05, 3.63) is 36.6 Å². The first-order chi connectivity index (χ1) is 10.9. The minimum Gasteiger partial charge on any atom is -0.534 e. The van der Waals surface area contributed by atoms with E-state index >= 15 is 0 Å².